The highest BCUT2D eigenvalue weighted by Gasteiger charge is 2.48. The molecule has 5 nitrogen and oxygen atoms in total. The lowest BCUT2D eigenvalue weighted by atomic mass is 9.70. The Labute approximate surface area is 213 Å². The van der Waals surface area contributed by atoms with Gasteiger partial charge in [0.25, 0.3) is 0 Å². The molecular formula is C28H30F2N2O3S. The zero-order valence-electron chi connectivity index (χ0n) is 19.9. The van der Waals surface area contributed by atoms with Gasteiger partial charge in [0.05, 0.1) is 0 Å². The molecule has 1 atom stereocenters. The molecule has 0 saturated carbocycles. The Kier molecular flexibility index (Phi) is 8.16. The molecule has 4 rings (SSSR count). The van der Waals surface area contributed by atoms with E-state index in [-0.39, 0.29) is 11.5 Å². The minimum atomic E-state index is -1.40. The number of phenols is 2. The van der Waals surface area contributed by atoms with Crippen LogP contribution in [0.4, 0.5) is 8.78 Å². The number of hydrogen-bond donors (Lipinski definition) is 3. The van der Waals surface area contributed by atoms with Gasteiger partial charge < -0.3 is 20.8 Å². The van der Waals surface area contributed by atoms with Gasteiger partial charge in [-0.05, 0) is 92.8 Å². The first kappa shape index (κ1) is 26.0. The van der Waals surface area contributed by atoms with Gasteiger partial charge >= 0.3 is 0 Å². The third-order valence-corrected chi connectivity index (χ3v) is 8.15. The molecule has 4 N–H and O–H groups in total. The summed E-state index contributed by atoms with van der Waals surface area (Å²) in [4.78, 5) is 16.2. The van der Waals surface area contributed by atoms with Gasteiger partial charge in [-0.2, -0.15) is 0 Å². The number of carbonyl (C=O) groups is 1. The molecule has 1 amide bonds. The van der Waals surface area contributed by atoms with Gasteiger partial charge in [-0.1, -0.05) is 24.3 Å². The number of phenolic OH excluding ortho intramolecular Hbond substituents is 2. The Bertz CT molecular complexity index is 1120. The van der Waals surface area contributed by atoms with Crippen molar-refractivity contribution in [3.8, 4) is 11.5 Å². The minimum absolute atomic E-state index is 0.0354. The van der Waals surface area contributed by atoms with Gasteiger partial charge in [0.15, 0.2) is 0 Å². The average Bonchev–Trinajstić information content (AvgIpc) is 3.34. The Balaban J connectivity index is 1.83. The highest BCUT2D eigenvalue weighted by Crippen LogP contribution is 2.46. The number of thioether (sulfide) groups is 1. The molecule has 0 bridgehead atoms. The molecule has 1 aliphatic rings. The second-order valence-electron chi connectivity index (χ2n) is 9.17. The SMILES string of the molecule is NC(=O)C(c1ccc(O)cc1)(c1ccc(O)cc1)C(CCCN1CCCC1)Sc1cc(F)cc(F)c1. The number of nitrogens with two attached hydrogens (primary N) is 1. The lowest BCUT2D eigenvalue weighted by Gasteiger charge is -2.39. The quantitative estimate of drug-likeness (QED) is 0.326. The summed E-state index contributed by atoms with van der Waals surface area (Å²) in [7, 11) is 0. The molecular weight excluding hydrogens is 482 g/mol. The summed E-state index contributed by atoms with van der Waals surface area (Å²) in [5.74, 6) is -1.96. The maximum atomic E-state index is 14.1. The lowest BCUT2D eigenvalue weighted by Crippen LogP contribution is -2.50. The Morgan fingerprint density at radius 1 is 0.917 bits per heavy atom. The summed E-state index contributed by atoms with van der Waals surface area (Å²) in [6.45, 7) is 2.90. The van der Waals surface area contributed by atoms with Crippen LogP contribution in [0.25, 0.3) is 0 Å². The van der Waals surface area contributed by atoms with Gasteiger partial charge in [0.1, 0.15) is 28.5 Å². The number of amides is 1. The molecule has 3 aromatic rings. The van der Waals surface area contributed by atoms with Crippen molar-refractivity contribution in [3.05, 3.63) is 89.5 Å². The molecule has 0 aromatic heterocycles. The van der Waals surface area contributed by atoms with Gasteiger partial charge in [-0.3, -0.25) is 4.79 Å². The molecule has 1 heterocycles. The number of hydrogen-bond acceptors (Lipinski definition) is 5. The summed E-state index contributed by atoms with van der Waals surface area (Å²) in [6.07, 6.45) is 3.60. The van der Waals surface area contributed by atoms with E-state index in [0.29, 0.717) is 22.4 Å². The van der Waals surface area contributed by atoms with E-state index in [0.717, 1.165) is 45.0 Å². The van der Waals surface area contributed by atoms with Gasteiger partial charge in [-0.25, -0.2) is 8.78 Å². The summed E-state index contributed by atoms with van der Waals surface area (Å²) < 4.78 is 28.2. The van der Waals surface area contributed by atoms with Gasteiger partial charge in [0.2, 0.25) is 5.91 Å². The fraction of sp³-hybridized carbons (Fsp3) is 0.321. The van der Waals surface area contributed by atoms with Gasteiger partial charge in [0, 0.05) is 16.2 Å². The van der Waals surface area contributed by atoms with Crippen LogP contribution in [0.5, 0.6) is 11.5 Å². The van der Waals surface area contributed by atoms with Crippen LogP contribution >= 0.6 is 11.8 Å². The molecule has 3 aromatic carbocycles. The summed E-state index contributed by atoms with van der Waals surface area (Å²) in [5, 5.41) is 19.3. The van der Waals surface area contributed by atoms with Crippen LogP contribution in [0.1, 0.15) is 36.8 Å². The molecule has 1 fully saturated rings. The molecule has 0 aliphatic carbocycles. The first-order valence-electron chi connectivity index (χ1n) is 12.0. The number of likely N-dealkylation sites (tertiary alicyclic amines) is 1. The largest absolute Gasteiger partial charge is 0.508 e. The molecule has 190 valence electrons. The first-order valence-corrected chi connectivity index (χ1v) is 12.9. The first-order chi connectivity index (χ1) is 17.3. The van der Waals surface area contributed by atoms with E-state index in [1.165, 1.54) is 48.2 Å². The van der Waals surface area contributed by atoms with Crippen molar-refractivity contribution >= 4 is 17.7 Å². The maximum absolute atomic E-state index is 14.1. The third kappa shape index (κ3) is 5.65. The predicted molar refractivity (Wildman–Crippen MR) is 137 cm³/mol. The van der Waals surface area contributed by atoms with Crippen LogP contribution in [0, 0.1) is 11.6 Å². The number of benzene rings is 3. The van der Waals surface area contributed by atoms with Crippen molar-refractivity contribution < 1.29 is 23.8 Å². The monoisotopic (exact) mass is 512 g/mol. The van der Waals surface area contributed by atoms with E-state index in [4.69, 9.17) is 5.73 Å². The van der Waals surface area contributed by atoms with Gasteiger partial charge in [-0.15, -0.1) is 11.8 Å². The molecule has 1 unspecified atom stereocenters. The number of rotatable bonds is 10. The Morgan fingerprint density at radius 3 is 1.89 bits per heavy atom. The van der Waals surface area contributed by atoms with E-state index in [2.05, 4.69) is 4.90 Å². The van der Waals surface area contributed by atoms with Crippen LogP contribution < -0.4 is 5.73 Å². The highest BCUT2D eigenvalue weighted by molar-refractivity contribution is 8.00. The molecule has 1 saturated heterocycles. The van der Waals surface area contributed by atoms with Crippen molar-refractivity contribution in [2.24, 2.45) is 5.73 Å². The van der Waals surface area contributed by atoms with E-state index in [9.17, 15) is 23.8 Å². The average molecular weight is 513 g/mol. The molecule has 36 heavy (non-hydrogen) atoms. The summed E-state index contributed by atoms with van der Waals surface area (Å²) >= 11 is 1.21. The van der Waals surface area contributed by atoms with E-state index in [1.807, 2.05) is 0 Å². The molecule has 0 radical (unpaired) electrons. The lowest BCUT2D eigenvalue weighted by molar-refractivity contribution is -0.122. The van der Waals surface area contributed by atoms with Crippen LogP contribution in [-0.2, 0) is 10.2 Å². The number of halogens is 2. The zero-order chi connectivity index (χ0) is 25.7. The number of aromatic hydroxyl groups is 2. The standard InChI is InChI=1S/C28H30F2N2O3S/c29-21-16-22(30)18-25(17-21)36-26(4-3-15-32-13-1-2-14-32)28(27(31)35,19-5-9-23(33)10-6-19)20-7-11-24(34)12-8-20/h5-12,16-18,26,33-34H,1-4,13-15H2,(H2,31,35). The van der Waals surface area contributed by atoms with Crippen molar-refractivity contribution in [2.45, 2.75) is 41.2 Å². The van der Waals surface area contributed by atoms with E-state index in [1.54, 1.807) is 24.3 Å². The third-order valence-electron chi connectivity index (χ3n) is 6.77. The Morgan fingerprint density at radius 2 is 1.42 bits per heavy atom. The second kappa shape index (κ2) is 11.3. The highest BCUT2D eigenvalue weighted by atomic mass is 32.2. The number of carbonyl (C=O) groups excluding carboxylic acids is 1. The normalized spacial score (nSPS) is 15.2. The van der Waals surface area contributed by atoms with Crippen LogP contribution in [0.2, 0.25) is 0 Å². The zero-order valence-corrected chi connectivity index (χ0v) is 20.7. The number of primary amides is 1. The van der Waals surface area contributed by atoms with E-state index >= 15 is 0 Å². The minimum Gasteiger partial charge on any atom is -0.508 e. The van der Waals surface area contributed by atoms with Crippen molar-refractivity contribution in [1.82, 2.24) is 4.90 Å². The van der Waals surface area contributed by atoms with E-state index < -0.39 is 28.2 Å². The fourth-order valence-electron chi connectivity index (χ4n) is 5.06. The number of nitrogens with zero attached hydrogens (tertiary/aromatic N) is 1. The maximum Gasteiger partial charge on any atom is 0.233 e. The van der Waals surface area contributed by atoms with Crippen LogP contribution in [0.15, 0.2) is 71.6 Å². The second-order valence-corrected chi connectivity index (χ2v) is 10.4. The molecule has 1 aliphatic heterocycles. The van der Waals surface area contributed by atoms with Crippen LogP contribution in [-0.4, -0.2) is 45.9 Å². The predicted octanol–water partition coefficient (Wildman–Crippen LogP) is 5.18. The smallest absolute Gasteiger partial charge is 0.233 e. The topological polar surface area (TPSA) is 86.8 Å². The van der Waals surface area contributed by atoms with Crippen molar-refractivity contribution in [3.63, 3.8) is 0 Å². The van der Waals surface area contributed by atoms with Crippen molar-refractivity contribution in [1.29, 1.82) is 0 Å². The fourth-order valence-corrected chi connectivity index (χ4v) is 6.60. The van der Waals surface area contributed by atoms with Crippen LogP contribution in [0.3, 0.4) is 0 Å². The molecule has 0 spiro atoms. The molecule has 8 heteroatoms. The Hall–Kier alpha value is -3.10. The summed E-state index contributed by atoms with van der Waals surface area (Å²) in [5.41, 5.74) is 5.88. The summed E-state index contributed by atoms with van der Waals surface area (Å²) in [6, 6.07) is 15.8. The van der Waals surface area contributed by atoms with Crippen molar-refractivity contribution in [2.75, 3.05) is 19.6 Å².